The maximum atomic E-state index is 9.61. The minimum absolute atomic E-state index is 0.00329. The molecular weight excluding hydrogens is 286 g/mol. The van der Waals surface area contributed by atoms with E-state index in [1.165, 1.54) is 17.5 Å². The van der Waals surface area contributed by atoms with Crippen LogP contribution in [0, 0.1) is 5.92 Å². The van der Waals surface area contributed by atoms with E-state index in [1.54, 1.807) is 11.1 Å². The number of aliphatic hydroxyl groups excluding tert-OH is 2. The summed E-state index contributed by atoms with van der Waals surface area (Å²) in [6.45, 7) is 9.07. The molecule has 23 heavy (non-hydrogen) atoms. The van der Waals surface area contributed by atoms with Crippen molar-refractivity contribution in [1.82, 2.24) is 4.90 Å². The van der Waals surface area contributed by atoms with E-state index in [2.05, 4.69) is 37.8 Å². The average molecular weight is 315 g/mol. The molecule has 126 valence electrons. The highest BCUT2D eigenvalue weighted by atomic mass is 16.3. The molecule has 1 atom stereocenters. The first-order chi connectivity index (χ1) is 11.0. The van der Waals surface area contributed by atoms with Crippen LogP contribution in [0.4, 0.5) is 0 Å². The van der Waals surface area contributed by atoms with Crippen LogP contribution in [0.2, 0.25) is 0 Å². The first-order valence-electron chi connectivity index (χ1n) is 8.81. The summed E-state index contributed by atoms with van der Waals surface area (Å²) in [6.07, 6.45) is 3.34. The van der Waals surface area contributed by atoms with Crippen LogP contribution in [0.3, 0.4) is 0 Å². The Bertz CT molecular complexity index is 618. The Morgan fingerprint density at radius 3 is 2.52 bits per heavy atom. The lowest BCUT2D eigenvalue weighted by Gasteiger charge is -2.42. The Labute approximate surface area is 139 Å². The van der Waals surface area contributed by atoms with Gasteiger partial charge in [-0.25, -0.2) is 0 Å². The van der Waals surface area contributed by atoms with Gasteiger partial charge in [0.15, 0.2) is 0 Å². The number of hydrogen-bond donors (Lipinski definition) is 2. The highest BCUT2D eigenvalue weighted by Gasteiger charge is 2.32. The quantitative estimate of drug-likeness (QED) is 0.838. The topological polar surface area (TPSA) is 43.7 Å². The summed E-state index contributed by atoms with van der Waals surface area (Å²) >= 11 is 0. The zero-order valence-electron chi connectivity index (χ0n) is 14.6. The van der Waals surface area contributed by atoms with Gasteiger partial charge in [0.25, 0.3) is 0 Å². The normalized spacial score (nSPS) is 21.6. The molecule has 2 aliphatic rings. The summed E-state index contributed by atoms with van der Waals surface area (Å²) in [7, 11) is 0. The Morgan fingerprint density at radius 2 is 1.87 bits per heavy atom. The summed E-state index contributed by atoms with van der Waals surface area (Å²) in [5.74, 6) is 0.710. The SMILES string of the molecule is CC1=C(CC(C)C)CN2CCc3cc(CO)c(CO)cc3C2C1. The van der Waals surface area contributed by atoms with Crippen molar-refractivity contribution in [1.29, 1.82) is 0 Å². The summed E-state index contributed by atoms with van der Waals surface area (Å²) in [6, 6.07) is 4.69. The highest BCUT2D eigenvalue weighted by Crippen LogP contribution is 2.40. The molecule has 0 amide bonds. The van der Waals surface area contributed by atoms with Crippen molar-refractivity contribution in [3.05, 3.63) is 45.5 Å². The number of aliphatic hydroxyl groups is 2. The van der Waals surface area contributed by atoms with Gasteiger partial charge in [0.05, 0.1) is 13.2 Å². The number of hydrogen-bond acceptors (Lipinski definition) is 3. The van der Waals surface area contributed by atoms with Crippen molar-refractivity contribution >= 4 is 0 Å². The van der Waals surface area contributed by atoms with E-state index in [-0.39, 0.29) is 13.2 Å². The minimum atomic E-state index is 0.00329. The molecule has 2 heterocycles. The molecule has 0 bridgehead atoms. The van der Waals surface area contributed by atoms with Gasteiger partial charge in [-0.2, -0.15) is 0 Å². The molecule has 1 aromatic carbocycles. The lowest BCUT2D eigenvalue weighted by molar-refractivity contribution is 0.182. The van der Waals surface area contributed by atoms with E-state index in [0.717, 1.165) is 37.1 Å². The summed E-state index contributed by atoms with van der Waals surface area (Å²) in [4.78, 5) is 2.60. The molecule has 0 radical (unpaired) electrons. The van der Waals surface area contributed by atoms with E-state index in [9.17, 15) is 10.2 Å². The number of benzene rings is 1. The number of nitrogens with zero attached hydrogens (tertiary/aromatic N) is 1. The molecule has 0 saturated carbocycles. The summed E-state index contributed by atoms with van der Waals surface area (Å²) in [5, 5.41) is 19.1. The zero-order chi connectivity index (χ0) is 16.6. The van der Waals surface area contributed by atoms with Gasteiger partial charge in [-0.1, -0.05) is 37.1 Å². The predicted octanol–water partition coefficient (Wildman–Crippen LogP) is 3.34. The van der Waals surface area contributed by atoms with Gasteiger partial charge in [0, 0.05) is 19.1 Å². The van der Waals surface area contributed by atoms with Crippen molar-refractivity contribution < 1.29 is 10.2 Å². The van der Waals surface area contributed by atoms with E-state index in [1.807, 2.05) is 0 Å². The fourth-order valence-corrected chi connectivity index (χ4v) is 4.17. The van der Waals surface area contributed by atoms with Crippen LogP contribution in [0.25, 0.3) is 0 Å². The van der Waals surface area contributed by atoms with Gasteiger partial charge in [0.1, 0.15) is 0 Å². The van der Waals surface area contributed by atoms with Gasteiger partial charge in [-0.15, -0.1) is 0 Å². The van der Waals surface area contributed by atoms with Crippen molar-refractivity contribution in [2.75, 3.05) is 13.1 Å². The van der Waals surface area contributed by atoms with Gasteiger partial charge in [-0.3, -0.25) is 4.90 Å². The molecule has 0 spiro atoms. The lowest BCUT2D eigenvalue weighted by Crippen LogP contribution is -2.40. The van der Waals surface area contributed by atoms with Crippen molar-refractivity contribution in [3.8, 4) is 0 Å². The van der Waals surface area contributed by atoms with Crippen LogP contribution in [-0.4, -0.2) is 28.2 Å². The van der Waals surface area contributed by atoms with Crippen molar-refractivity contribution in [3.63, 3.8) is 0 Å². The molecule has 1 unspecified atom stereocenters. The largest absolute Gasteiger partial charge is 0.392 e. The van der Waals surface area contributed by atoms with Gasteiger partial charge < -0.3 is 10.2 Å². The molecule has 0 saturated heterocycles. The third-order valence-corrected chi connectivity index (χ3v) is 5.42. The smallest absolute Gasteiger partial charge is 0.0685 e. The van der Waals surface area contributed by atoms with Gasteiger partial charge in [0.2, 0.25) is 0 Å². The number of fused-ring (bicyclic) bond motifs is 3. The molecule has 3 nitrogen and oxygen atoms in total. The summed E-state index contributed by atoms with van der Waals surface area (Å²) < 4.78 is 0. The maximum Gasteiger partial charge on any atom is 0.0685 e. The maximum absolute atomic E-state index is 9.61. The second kappa shape index (κ2) is 6.76. The molecule has 0 aromatic heterocycles. The van der Waals surface area contributed by atoms with E-state index in [4.69, 9.17) is 0 Å². The van der Waals surface area contributed by atoms with Crippen LogP contribution in [0.5, 0.6) is 0 Å². The Kier molecular flexibility index (Phi) is 4.90. The van der Waals surface area contributed by atoms with Crippen LogP contribution in [0.1, 0.15) is 61.9 Å². The molecule has 3 rings (SSSR count). The zero-order valence-corrected chi connectivity index (χ0v) is 14.6. The van der Waals surface area contributed by atoms with Crippen LogP contribution in [-0.2, 0) is 19.6 Å². The Hall–Kier alpha value is -1.16. The highest BCUT2D eigenvalue weighted by molar-refractivity contribution is 5.43. The van der Waals surface area contributed by atoms with Crippen molar-refractivity contribution in [2.24, 2.45) is 5.92 Å². The minimum Gasteiger partial charge on any atom is -0.392 e. The van der Waals surface area contributed by atoms with E-state index >= 15 is 0 Å². The molecule has 1 aromatic rings. The van der Waals surface area contributed by atoms with Crippen molar-refractivity contribution in [2.45, 2.75) is 59.3 Å². The van der Waals surface area contributed by atoms with E-state index in [0.29, 0.717) is 12.0 Å². The molecular formula is C20H29NO2. The first-order valence-corrected chi connectivity index (χ1v) is 8.81. The molecule has 0 aliphatic carbocycles. The lowest BCUT2D eigenvalue weighted by atomic mass is 9.81. The average Bonchev–Trinajstić information content (AvgIpc) is 2.53. The molecule has 2 aliphatic heterocycles. The Balaban J connectivity index is 1.94. The van der Waals surface area contributed by atoms with Crippen LogP contribution < -0.4 is 0 Å². The third kappa shape index (κ3) is 3.23. The van der Waals surface area contributed by atoms with E-state index < -0.39 is 0 Å². The molecule has 0 fully saturated rings. The van der Waals surface area contributed by atoms with Crippen LogP contribution >= 0.6 is 0 Å². The molecule has 3 heteroatoms. The third-order valence-electron chi connectivity index (χ3n) is 5.42. The monoisotopic (exact) mass is 315 g/mol. The van der Waals surface area contributed by atoms with Gasteiger partial charge >= 0.3 is 0 Å². The van der Waals surface area contributed by atoms with Crippen LogP contribution in [0.15, 0.2) is 23.3 Å². The number of rotatable bonds is 4. The first kappa shape index (κ1) is 16.7. The fourth-order valence-electron chi connectivity index (χ4n) is 4.17. The Morgan fingerprint density at radius 1 is 1.17 bits per heavy atom. The molecule has 2 N–H and O–H groups in total. The second-order valence-corrected chi connectivity index (χ2v) is 7.56. The standard InChI is InChI=1S/C20H29NO2/c1-13(2)6-16-10-21-5-4-15-8-17(11-22)18(12-23)9-19(15)20(21)7-14(16)3/h8-9,13,20,22-23H,4-7,10-12H2,1-3H3. The predicted molar refractivity (Wildman–Crippen MR) is 93.1 cm³/mol. The second-order valence-electron chi connectivity index (χ2n) is 7.56. The summed E-state index contributed by atoms with van der Waals surface area (Å²) in [5.41, 5.74) is 7.64. The fraction of sp³-hybridized carbons (Fsp3) is 0.600. The van der Waals surface area contributed by atoms with Gasteiger partial charge in [-0.05, 0) is 54.4 Å².